The largest absolute Gasteiger partial charge is 0.443 e. The SMILES string of the molecule is CC(C)(C)OC(=O)NNC(=O)c1cccc(I)c1. The smallest absolute Gasteiger partial charge is 0.426 e. The highest BCUT2D eigenvalue weighted by molar-refractivity contribution is 14.1. The quantitative estimate of drug-likeness (QED) is 0.596. The van der Waals surface area contributed by atoms with E-state index in [9.17, 15) is 9.59 Å². The molecule has 0 aliphatic carbocycles. The Labute approximate surface area is 119 Å². The Morgan fingerprint density at radius 2 is 1.89 bits per heavy atom. The van der Waals surface area contributed by atoms with Crippen molar-refractivity contribution in [1.29, 1.82) is 0 Å². The minimum absolute atomic E-state index is 0.389. The minimum Gasteiger partial charge on any atom is -0.443 e. The van der Waals surface area contributed by atoms with Gasteiger partial charge in [0.25, 0.3) is 5.91 Å². The van der Waals surface area contributed by atoms with Gasteiger partial charge in [0.1, 0.15) is 5.60 Å². The van der Waals surface area contributed by atoms with Gasteiger partial charge in [-0.25, -0.2) is 10.2 Å². The summed E-state index contributed by atoms with van der Waals surface area (Å²) >= 11 is 2.11. The van der Waals surface area contributed by atoms with Crippen molar-refractivity contribution in [1.82, 2.24) is 10.9 Å². The van der Waals surface area contributed by atoms with E-state index in [1.807, 2.05) is 6.07 Å². The highest BCUT2D eigenvalue weighted by atomic mass is 127. The van der Waals surface area contributed by atoms with Gasteiger partial charge in [-0.15, -0.1) is 0 Å². The third-order valence-electron chi connectivity index (χ3n) is 1.76. The summed E-state index contributed by atoms with van der Waals surface area (Å²) in [6, 6.07) is 7.02. The number of carbonyl (C=O) groups is 2. The number of hydrogen-bond acceptors (Lipinski definition) is 3. The van der Waals surface area contributed by atoms with E-state index in [1.165, 1.54) is 0 Å². The summed E-state index contributed by atoms with van der Waals surface area (Å²) in [7, 11) is 0. The van der Waals surface area contributed by atoms with Crippen molar-refractivity contribution in [2.75, 3.05) is 0 Å². The molecule has 0 saturated carbocycles. The van der Waals surface area contributed by atoms with Crippen LogP contribution in [0.3, 0.4) is 0 Å². The van der Waals surface area contributed by atoms with Crippen molar-refractivity contribution in [2.45, 2.75) is 26.4 Å². The molecule has 0 aliphatic rings. The molecular weight excluding hydrogens is 347 g/mol. The van der Waals surface area contributed by atoms with Gasteiger partial charge in [-0.05, 0) is 61.6 Å². The zero-order valence-corrected chi connectivity index (χ0v) is 12.6. The highest BCUT2D eigenvalue weighted by Crippen LogP contribution is 2.08. The first kappa shape index (κ1) is 14.7. The summed E-state index contributed by atoms with van der Waals surface area (Å²) in [6.07, 6.45) is -0.693. The summed E-state index contributed by atoms with van der Waals surface area (Å²) in [6.45, 7) is 5.23. The Hall–Kier alpha value is -1.31. The summed E-state index contributed by atoms with van der Waals surface area (Å²) in [5.41, 5.74) is 4.35. The lowest BCUT2D eigenvalue weighted by Gasteiger charge is -2.19. The second-order valence-corrected chi connectivity index (χ2v) is 5.84. The van der Waals surface area contributed by atoms with Crippen molar-refractivity contribution in [3.63, 3.8) is 0 Å². The van der Waals surface area contributed by atoms with Gasteiger partial charge in [-0.1, -0.05) is 6.07 Å². The average molecular weight is 362 g/mol. The van der Waals surface area contributed by atoms with Crippen molar-refractivity contribution < 1.29 is 14.3 Å². The first-order valence-corrected chi connectivity index (χ1v) is 6.41. The van der Waals surface area contributed by atoms with Gasteiger partial charge in [-0.3, -0.25) is 10.2 Å². The molecule has 1 rings (SSSR count). The van der Waals surface area contributed by atoms with Crippen LogP contribution in [0.4, 0.5) is 4.79 Å². The molecule has 1 aromatic rings. The van der Waals surface area contributed by atoms with Crippen molar-refractivity contribution in [3.05, 3.63) is 33.4 Å². The molecule has 0 bridgehead atoms. The third-order valence-corrected chi connectivity index (χ3v) is 2.43. The summed E-state index contributed by atoms with van der Waals surface area (Å²) in [4.78, 5) is 23.0. The maximum Gasteiger partial charge on any atom is 0.426 e. The number of benzene rings is 1. The maximum absolute atomic E-state index is 11.7. The number of amides is 2. The van der Waals surface area contributed by atoms with Gasteiger partial charge in [-0.2, -0.15) is 0 Å². The number of ether oxygens (including phenoxy) is 1. The lowest BCUT2D eigenvalue weighted by molar-refractivity contribution is 0.0483. The fourth-order valence-electron chi connectivity index (χ4n) is 1.11. The highest BCUT2D eigenvalue weighted by Gasteiger charge is 2.16. The van der Waals surface area contributed by atoms with E-state index in [0.717, 1.165) is 3.57 Å². The zero-order valence-electron chi connectivity index (χ0n) is 10.4. The van der Waals surface area contributed by atoms with E-state index in [1.54, 1.807) is 39.0 Å². The lowest BCUT2D eigenvalue weighted by atomic mass is 10.2. The molecule has 0 saturated heterocycles. The molecule has 1 aromatic carbocycles. The predicted molar refractivity (Wildman–Crippen MR) is 76.0 cm³/mol. The predicted octanol–water partition coefficient (Wildman–Crippen LogP) is 2.46. The average Bonchev–Trinajstić information content (AvgIpc) is 2.23. The molecule has 0 radical (unpaired) electrons. The van der Waals surface area contributed by atoms with E-state index in [0.29, 0.717) is 5.56 Å². The summed E-state index contributed by atoms with van der Waals surface area (Å²) < 4.78 is 5.92. The van der Waals surface area contributed by atoms with Crippen LogP contribution in [0, 0.1) is 3.57 Å². The summed E-state index contributed by atoms with van der Waals surface area (Å²) in [5.74, 6) is -0.389. The van der Waals surface area contributed by atoms with Crippen LogP contribution in [-0.4, -0.2) is 17.6 Å². The molecule has 2 N–H and O–H groups in total. The Bertz CT molecular complexity index is 455. The van der Waals surface area contributed by atoms with Crippen molar-refractivity contribution >= 4 is 34.6 Å². The fourth-order valence-corrected chi connectivity index (χ4v) is 1.66. The minimum atomic E-state index is -0.693. The Morgan fingerprint density at radius 3 is 2.44 bits per heavy atom. The second kappa shape index (κ2) is 6.03. The van der Waals surface area contributed by atoms with Gasteiger partial charge < -0.3 is 4.74 Å². The van der Waals surface area contributed by atoms with Crippen LogP contribution in [0.1, 0.15) is 31.1 Å². The molecule has 0 fully saturated rings. The maximum atomic E-state index is 11.7. The molecular formula is C12H15IN2O3. The van der Waals surface area contributed by atoms with Crippen LogP contribution in [0.5, 0.6) is 0 Å². The lowest BCUT2D eigenvalue weighted by Crippen LogP contribution is -2.44. The number of nitrogens with one attached hydrogen (secondary N) is 2. The van der Waals surface area contributed by atoms with Crippen LogP contribution in [0.2, 0.25) is 0 Å². The van der Waals surface area contributed by atoms with Crippen molar-refractivity contribution in [2.24, 2.45) is 0 Å². The molecule has 0 spiro atoms. The monoisotopic (exact) mass is 362 g/mol. The second-order valence-electron chi connectivity index (χ2n) is 4.59. The van der Waals surface area contributed by atoms with E-state index in [2.05, 4.69) is 33.4 Å². The molecule has 0 unspecified atom stereocenters. The number of rotatable bonds is 1. The van der Waals surface area contributed by atoms with E-state index in [4.69, 9.17) is 4.74 Å². The molecule has 5 nitrogen and oxygen atoms in total. The first-order chi connectivity index (χ1) is 8.28. The number of halogens is 1. The van der Waals surface area contributed by atoms with Crippen LogP contribution in [-0.2, 0) is 4.74 Å². The van der Waals surface area contributed by atoms with Gasteiger partial charge in [0, 0.05) is 9.13 Å². The van der Waals surface area contributed by atoms with Gasteiger partial charge >= 0.3 is 6.09 Å². The fraction of sp³-hybridized carbons (Fsp3) is 0.333. The molecule has 0 aromatic heterocycles. The Balaban J connectivity index is 2.49. The topological polar surface area (TPSA) is 67.4 Å². The molecule has 98 valence electrons. The number of hydrogen-bond donors (Lipinski definition) is 2. The molecule has 2 amide bonds. The molecule has 6 heteroatoms. The molecule has 0 atom stereocenters. The molecule has 0 aliphatic heterocycles. The van der Waals surface area contributed by atoms with Crippen molar-refractivity contribution in [3.8, 4) is 0 Å². The van der Waals surface area contributed by atoms with Gasteiger partial charge in [0.15, 0.2) is 0 Å². The number of carbonyl (C=O) groups excluding carboxylic acids is 2. The first-order valence-electron chi connectivity index (χ1n) is 5.33. The zero-order chi connectivity index (χ0) is 13.8. The van der Waals surface area contributed by atoms with Crippen LogP contribution in [0.25, 0.3) is 0 Å². The standard InChI is InChI=1S/C12H15IN2O3/c1-12(2,3)18-11(17)15-14-10(16)8-5-4-6-9(13)7-8/h4-7H,1-3H3,(H,14,16)(H,15,17). The summed E-state index contributed by atoms with van der Waals surface area (Å²) in [5, 5.41) is 0. The van der Waals surface area contributed by atoms with E-state index in [-0.39, 0.29) is 5.91 Å². The van der Waals surface area contributed by atoms with Crippen LogP contribution >= 0.6 is 22.6 Å². The van der Waals surface area contributed by atoms with Gasteiger partial charge in [0.2, 0.25) is 0 Å². The number of hydrazine groups is 1. The van der Waals surface area contributed by atoms with Crippen LogP contribution < -0.4 is 10.9 Å². The normalized spacial score (nSPS) is 10.7. The van der Waals surface area contributed by atoms with Crippen LogP contribution in [0.15, 0.2) is 24.3 Å². The Morgan fingerprint density at radius 1 is 1.22 bits per heavy atom. The molecule has 18 heavy (non-hydrogen) atoms. The van der Waals surface area contributed by atoms with E-state index >= 15 is 0 Å². The molecule has 0 heterocycles. The van der Waals surface area contributed by atoms with E-state index < -0.39 is 11.7 Å². The Kier molecular flexibility index (Phi) is 4.94. The third kappa shape index (κ3) is 5.35. The van der Waals surface area contributed by atoms with Gasteiger partial charge in [0.05, 0.1) is 0 Å².